The number of rotatable bonds is 4. The molecule has 2 aliphatic heterocycles. The molecule has 1 atom stereocenters. The van der Waals surface area contributed by atoms with Gasteiger partial charge in [0.1, 0.15) is 5.82 Å². The molecule has 0 saturated carbocycles. The van der Waals surface area contributed by atoms with E-state index in [0.29, 0.717) is 35.7 Å². The first-order valence-electron chi connectivity index (χ1n) is 8.22. The fourth-order valence-electron chi connectivity index (χ4n) is 2.99. The van der Waals surface area contributed by atoms with Crippen LogP contribution in [-0.4, -0.2) is 36.5 Å². The summed E-state index contributed by atoms with van der Waals surface area (Å²) in [5, 5.41) is 3.95. The molecule has 2 aromatic rings. The Labute approximate surface area is 149 Å². The highest BCUT2D eigenvalue weighted by atomic mass is 19.1. The summed E-state index contributed by atoms with van der Waals surface area (Å²) in [5.41, 5.74) is 2.12. The lowest BCUT2D eigenvalue weighted by atomic mass is 10.0. The number of halogens is 1. The largest absolute Gasteiger partial charge is 0.454 e. The number of amides is 1. The second-order valence-electron chi connectivity index (χ2n) is 6.23. The molecule has 2 heterocycles. The lowest BCUT2D eigenvalue weighted by Crippen LogP contribution is -2.36. The number of oxime groups is 1. The number of carbonyl (C=O) groups excluding carboxylic acids is 1. The lowest BCUT2D eigenvalue weighted by molar-refractivity contribution is -0.141. The van der Waals surface area contributed by atoms with Gasteiger partial charge in [-0.05, 0) is 29.8 Å². The zero-order chi connectivity index (χ0) is 18.1. The van der Waals surface area contributed by atoms with Crippen molar-refractivity contribution >= 4 is 11.6 Å². The Bertz CT molecular complexity index is 884. The molecule has 2 aliphatic rings. The minimum absolute atomic E-state index is 0.183. The molecule has 2 aromatic carbocycles. The van der Waals surface area contributed by atoms with Crippen LogP contribution in [-0.2, 0) is 16.2 Å². The van der Waals surface area contributed by atoms with Crippen LogP contribution in [0.2, 0.25) is 0 Å². The van der Waals surface area contributed by atoms with Crippen molar-refractivity contribution in [3.63, 3.8) is 0 Å². The third-order valence-corrected chi connectivity index (χ3v) is 4.34. The van der Waals surface area contributed by atoms with Crippen molar-refractivity contribution in [3.8, 4) is 11.5 Å². The summed E-state index contributed by atoms with van der Waals surface area (Å²) in [6, 6.07) is 11.7. The van der Waals surface area contributed by atoms with Crippen molar-refractivity contribution in [2.24, 2.45) is 5.16 Å². The summed E-state index contributed by atoms with van der Waals surface area (Å²) >= 11 is 0. The predicted octanol–water partition coefficient (Wildman–Crippen LogP) is 2.71. The quantitative estimate of drug-likeness (QED) is 0.845. The maximum Gasteiger partial charge on any atom is 0.266 e. The van der Waals surface area contributed by atoms with Gasteiger partial charge in [-0.3, -0.25) is 4.79 Å². The second-order valence-corrected chi connectivity index (χ2v) is 6.23. The number of ether oxygens (including phenoxy) is 2. The Balaban J connectivity index is 1.39. The summed E-state index contributed by atoms with van der Waals surface area (Å²) in [5.74, 6) is 0.852. The van der Waals surface area contributed by atoms with E-state index in [9.17, 15) is 9.18 Å². The molecule has 0 aromatic heterocycles. The van der Waals surface area contributed by atoms with Crippen molar-refractivity contribution in [3.05, 3.63) is 59.4 Å². The van der Waals surface area contributed by atoms with Gasteiger partial charge in [0, 0.05) is 25.6 Å². The molecule has 134 valence electrons. The number of hydrogen-bond donors (Lipinski definition) is 0. The third-order valence-electron chi connectivity index (χ3n) is 4.34. The van der Waals surface area contributed by atoms with Crippen molar-refractivity contribution in [1.29, 1.82) is 0 Å². The zero-order valence-electron chi connectivity index (χ0n) is 14.1. The normalized spacial score (nSPS) is 17.6. The Morgan fingerprint density at radius 1 is 1.23 bits per heavy atom. The van der Waals surface area contributed by atoms with Crippen molar-refractivity contribution < 1.29 is 23.5 Å². The van der Waals surface area contributed by atoms with Gasteiger partial charge in [0.2, 0.25) is 12.9 Å². The fourth-order valence-corrected chi connectivity index (χ4v) is 2.99. The SMILES string of the molecule is CN(Cc1ccc2c(c1)OCO2)C(=O)[C@H]1CC(c2cccc(F)c2)=NO1. The van der Waals surface area contributed by atoms with E-state index >= 15 is 0 Å². The number of nitrogens with zero attached hydrogens (tertiary/aromatic N) is 2. The minimum atomic E-state index is -0.702. The standard InChI is InChI=1S/C19H17FN2O4/c1-22(10-12-5-6-16-17(7-12)25-11-24-16)19(23)18-9-15(21-26-18)13-3-2-4-14(20)8-13/h2-8,18H,9-11H2,1H3/t18-/m1/s1. The average Bonchev–Trinajstić information content (AvgIpc) is 3.30. The number of likely N-dealkylation sites (N-methyl/N-ethyl adjacent to an activating group) is 1. The van der Waals surface area contributed by atoms with Gasteiger partial charge in [-0.1, -0.05) is 23.4 Å². The van der Waals surface area contributed by atoms with Crippen LogP contribution < -0.4 is 9.47 Å². The van der Waals surface area contributed by atoms with Crippen LogP contribution >= 0.6 is 0 Å². The number of carbonyl (C=O) groups is 1. The molecular formula is C19H17FN2O4. The molecule has 0 fully saturated rings. The van der Waals surface area contributed by atoms with E-state index in [4.69, 9.17) is 14.3 Å². The van der Waals surface area contributed by atoms with Gasteiger partial charge in [-0.2, -0.15) is 0 Å². The van der Waals surface area contributed by atoms with E-state index in [1.54, 1.807) is 24.1 Å². The smallest absolute Gasteiger partial charge is 0.266 e. The summed E-state index contributed by atoms with van der Waals surface area (Å²) < 4.78 is 24.0. The molecule has 0 spiro atoms. The molecule has 6 nitrogen and oxygen atoms in total. The van der Waals surface area contributed by atoms with Gasteiger partial charge in [0.05, 0.1) is 5.71 Å². The lowest BCUT2D eigenvalue weighted by Gasteiger charge is -2.20. The zero-order valence-corrected chi connectivity index (χ0v) is 14.1. The molecule has 0 saturated heterocycles. The average molecular weight is 356 g/mol. The number of benzene rings is 2. The molecule has 0 aliphatic carbocycles. The van der Waals surface area contributed by atoms with E-state index in [1.807, 2.05) is 18.2 Å². The van der Waals surface area contributed by atoms with Crippen LogP contribution in [0, 0.1) is 5.82 Å². The van der Waals surface area contributed by atoms with Crippen molar-refractivity contribution in [1.82, 2.24) is 4.90 Å². The monoisotopic (exact) mass is 356 g/mol. The van der Waals surface area contributed by atoms with E-state index in [1.165, 1.54) is 12.1 Å². The van der Waals surface area contributed by atoms with Gasteiger partial charge in [0.25, 0.3) is 5.91 Å². The molecule has 0 N–H and O–H groups in total. The Morgan fingerprint density at radius 3 is 2.92 bits per heavy atom. The summed E-state index contributed by atoms with van der Waals surface area (Å²) in [6.45, 7) is 0.619. The first-order chi connectivity index (χ1) is 12.6. The molecular weight excluding hydrogens is 339 g/mol. The minimum Gasteiger partial charge on any atom is -0.454 e. The number of hydrogen-bond acceptors (Lipinski definition) is 5. The highest BCUT2D eigenvalue weighted by molar-refractivity contribution is 6.04. The first kappa shape index (κ1) is 16.4. The predicted molar refractivity (Wildman–Crippen MR) is 91.5 cm³/mol. The van der Waals surface area contributed by atoms with Gasteiger partial charge >= 0.3 is 0 Å². The second kappa shape index (κ2) is 6.67. The maximum absolute atomic E-state index is 13.4. The molecule has 0 radical (unpaired) electrons. The van der Waals surface area contributed by atoms with Crippen molar-refractivity contribution in [2.45, 2.75) is 19.1 Å². The summed E-state index contributed by atoms with van der Waals surface area (Å²) in [6.07, 6.45) is -0.388. The van der Waals surface area contributed by atoms with Crippen LogP contribution in [0.4, 0.5) is 4.39 Å². The summed E-state index contributed by atoms with van der Waals surface area (Å²) in [7, 11) is 1.70. The van der Waals surface area contributed by atoms with Gasteiger partial charge in [-0.25, -0.2) is 4.39 Å². The topological polar surface area (TPSA) is 60.4 Å². The van der Waals surface area contributed by atoms with Crippen LogP contribution in [0.25, 0.3) is 0 Å². The fraction of sp³-hybridized carbons (Fsp3) is 0.263. The summed E-state index contributed by atoms with van der Waals surface area (Å²) in [4.78, 5) is 19.5. The van der Waals surface area contributed by atoms with Crippen molar-refractivity contribution in [2.75, 3.05) is 13.8 Å². The molecule has 4 rings (SSSR count). The highest BCUT2D eigenvalue weighted by Gasteiger charge is 2.31. The van der Waals surface area contributed by atoms with Crippen LogP contribution in [0.1, 0.15) is 17.5 Å². The van der Waals surface area contributed by atoms with Crippen LogP contribution in [0.15, 0.2) is 47.6 Å². The van der Waals surface area contributed by atoms with E-state index in [0.717, 1.165) is 5.56 Å². The van der Waals surface area contributed by atoms with Crippen LogP contribution in [0.3, 0.4) is 0 Å². The van der Waals surface area contributed by atoms with E-state index in [2.05, 4.69) is 5.16 Å². The Morgan fingerprint density at radius 2 is 2.08 bits per heavy atom. The Hall–Kier alpha value is -3.09. The highest BCUT2D eigenvalue weighted by Crippen LogP contribution is 2.32. The third kappa shape index (κ3) is 3.20. The number of fused-ring (bicyclic) bond motifs is 1. The van der Waals surface area contributed by atoms with E-state index < -0.39 is 6.10 Å². The molecule has 26 heavy (non-hydrogen) atoms. The molecule has 0 unspecified atom stereocenters. The maximum atomic E-state index is 13.4. The van der Waals surface area contributed by atoms with Crippen LogP contribution in [0.5, 0.6) is 11.5 Å². The molecule has 1 amide bonds. The van der Waals surface area contributed by atoms with Gasteiger partial charge in [0.15, 0.2) is 11.5 Å². The Kier molecular flexibility index (Phi) is 4.20. The van der Waals surface area contributed by atoms with Gasteiger partial charge in [-0.15, -0.1) is 0 Å². The first-order valence-corrected chi connectivity index (χ1v) is 8.22. The van der Waals surface area contributed by atoms with Gasteiger partial charge < -0.3 is 19.2 Å². The van der Waals surface area contributed by atoms with E-state index in [-0.39, 0.29) is 18.5 Å². The molecule has 7 heteroatoms. The molecule has 0 bridgehead atoms.